The summed E-state index contributed by atoms with van der Waals surface area (Å²) in [7, 11) is 0.575. The van der Waals surface area contributed by atoms with E-state index in [4.69, 9.17) is 20.4 Å². The highest BCUT2D eigenvalue weighted by atomic mass is 32.8. The van der Waals surface area contributed by atoms with Gasteiger partial charge in [0.15, 0.2) is 8.77 Å². The summed E-state index contributed by atoms with van der Waals surface area (Å²) in [5.41, 5.74) is -0.268. The van der Waals surface area contributed by atoms with E-state index in [9.17, 15) is 4.21 Å². The van der Waals surface area contributed by atoms with Crippen molar-refractivity contribution in [1.29, 1.82) is 0 Å². The first-order chi connectivity index (χ1) is 8.48. The van der Waals surface area contributed by atoms with Gasteiger partial charge in [-0.05, 0) is 19.8 Å². The highest BCUT2D eigenvalue weighted by molar-refractivity contribution is 8.31. The molecule has 1 aliphatic carbocycles. The minimum Gasteiger partial charge on any atom is -0.226 e. The molecule has 0 aliphatic heterocycles. The lowest BCUT2D eigenvalue weighted by Gasteiger charge is -2.37. The van der Waals surface area contributed by atoms with Gasteiger partial charge < -0.3 is 0 Å². The van der Waals surface area contributed by atoms with Crippen LogP contribution in [0, 0.1) is 5.41 Å². The maximum absolute atomic E-state index is 12.4. The predicted molar refractivity (Wildman–Crippen MR) is 78.0 cm³/mol. The lowest BCUT2D eigenvalue weighted by Crippen LogP contribution is -2.40. The van der Waals surface area contributed by atoms with Gasteiger partial charge in [0.2, 0.25) is 0 Å². The van der Waals surface area contributed by atoms with Crippen LogP contribution in [0.3, 0.4) is 0 Å². The lowest BCUT2D eigenvalue weighted by molar-refractivity contribution is -0.192. The Kier molecular flexibility index (Phi) is 6.20. The Morgan fingerprint density at radius 1 is 1.50 bits per heavy atom. The monoisotopic (exact) mass is 303 g/mol. The molecule has 0 aromatic carbocycles. The SMILES string of the molecule is CCCC1(C([Si])S(=O)(=S)OOCC)C=CC=CC1. The average molecular weight is 304 g/mol. The van der Waals surface area contributed by atoms with Crippen LogP contribution < -0.4 is 0 Å². The van der Waals surface area contributed by atoms with Crippen molar-refractivity contribution >= 4 is 30.2 Å². The second-order valence-electron chi connectivity index (χ2n) is 4.32. The fourth-order valence-electron chi connectivity index (χ4n) is 2.10. The molecule has 0 heterocycles. The van der Waals surface area contributed by atoms with E-state index in [0.717, 1.165) is 19.3 Å². The van der Waals surface area contributed by atoms with Crippen LogP contribution >= 0.6 is 0 Å². The topological polar surface area (TPSA) is 35.5 Å². The van der Waals surface area contributed by atoms with E-state index in [2.05, 4.69) is 29.3 Å². The van der Waals surface area contributed by atoms with Crippen molar-refractivity contribution in [2.24, 2.45) is 5.41 Å². The molecule has 0 spiro atoms. The molecule has 6 heteroatoms. The van der Waals surface area contributed by atoms with Gasteiger partial charge in [-0.25, -0.2) is 9.10 Å². The first-order valence-electron chi connectivity index (χ1n) is 6.09. The van der Waals surface area contributed by atoms with Crippen molar-refractivity contribution in [3.8, 4) is 0 Å². The van der Waals surface area contributed by atoms with Crippen molar-refractivity contribution in [1.82, 2.24) is 0 Å². The second-order valence-corrected chi connectivity index (χ2v) is 8.30. The van der Waals surface area contributed by atoms with Crippen molar-refractivity contribution in [3.63, 3.8) is 0 Å². The maximum atomic E-state index is 12.4. The highest BCUT2D eigenvalue weighted by Crippen LogP contribution is 2.39. The third kappa shape index (κ3) is 3.74. The number of hydrogen-bond donors (Lipinski definition) is 0. The fourth-order valence-corrected chi connectivity index (χ4v) is 4.45. The summed E-state index contributed by atoms with van der Waals surface area (Å²) in [6.45, 7) is 4.18. The van der Waals surface area contributed by atoms with Crippen molar-refractivity contribution < 1.29 is 13.4 Å². The quantitative estimate of drug-likeness (QED) is 0.411. The Bertz CT molecular complexity index is 417. The molecule has 0 bridgehead atoms. The molecule has 1 aliphatic rings. The summed E-state index contributed by atoms with van der Waals surface area (Å²) >= 11 is 5.07. The van der Waals surface area contributed by atoms with E-state index < -0.39 is 13.6 Å². The molecule has 18 heavy (non-hydrogen) atoms. The molecule has 0 N–H and O–H groups in total. The molecule has 3 radical (unpaired) electrons. The Hall–Kier alpha value is -0.0131. The number of hydrogen-bond acceptors (Lipinski definition) is 4. The van der Waals surface area contributed by atoms with Crippen LogP contribution in [0.5, 0.6) is 0 Å². The lowest BCUT2D eigenvalue weighted by atomic mass is 9.79. The van der Waals surface area contributed by atoms with Gasteiger partial charge >= 0.3 is 0 Å². The van der Waals surface area contributed by atoms with Crippen LogP contribution in [0.15, 0.2) is 24.3 Å². The van der Waals surface area contributed by atoms with Crippen LogP contribution in [0.4, 0.5) is 0 Å². The van der Waals surface area contributed by atoms with E-state index in [-0.39, 0.29) is 5.41 Å². The molecule has 0 aromatic heterocycles. The first-order valence-corrected chi connectivity index (χ1v) is 9.14. The van der Waals surface area contributed by atoms with Crippen molar-refractivity contribution in [2.45, 2.75) is 38.0 Å². The Balaban J connectivity index is 2.93. The standard InChI is InChI=1S/C12H19O3S2Si/c1-3-8-12(9-6-5-7-10-12)11(18)17(13,16)15-14-4-2/h5-7,9,11H,3-4,8,10H2,1-2H3. The fraction of sp³-hybridized carbons (Fsp3) is 0.667. The summed E-state index contributed by atoms with van der Waals surface area (Å²) < 4.78 is 17.3. The second kappa shape index (κ2) is 6.95. The smallest absolute Gasteiger partial charge is 0.174 e. The van der Waals surface area contributed by atoms with E-state index in [1.165, 1.54) is 0 Å². The largest absolute Gasteiger partial charge is 0.226 e. The van der Waals surface area contributed by atoms with E-state index >= 15 is 0 Å². The zero-order valence-electron chi connectivity index (χ0n) is 10.8. The van der Waals surface area contributed by atoms with Crippen LogP contribution in [0.25, 0.3) is 0 Å². The van der Waals surface area contributed by atoms with Gasteiger partial charge in [-0.3, -0.25) is 0 Å². The van der Waals surface area contributed by atoms with Gasteiger partial charge in [-0.15, -0.1) is 4.33 Å². The van der Waals surface area contributed by atoms with Crippen LogP contribution in [0.1, 0.15) is 33.1 Å². The maximum Gasteiger partial charge on any atom is 0.174 e. The average Bonchev–Trinajstić information content (AvgIpc) is 2.37. The molecule has 1 rings (SSSR count). The zero-order chi connectivity index (χ0) is 13.6. The molecule has 0 amide bonds. The third-order valence-corrected chi connectivity index (χ3v) is 7.06. The van der Waals surface area contributed by atoms with Gasteiger partial charge in [0.1, 0.15) is 0 Å². The van der Waals surface area contributed by atoms with E-state index in [0.29, 0.717) is 6.61 Å². The molecule has 101 valence electrons. The molecule has 0 saturated heterocycles. The van der Waals surface area contributed by atoms with E-state index in [1.54, 1.807) is 6.92 Å². The van der Waals surface area contributed by atoms with Crippen LogP contribution in [0.2, 0.25) is 0 Å². The molecule has 0 saturated carbocycles. The van der Waals surface area contributed by atoms with Gasteiger partial charge in [-0.1, -0.05) is 37.6 Å². The van der Waals surface area contributed by atoms with Crippen molar-refractivity contribution in [3.05, 3.63) is 24.3 Å². The minimum atomic E-state index is -2.96. The summed E-state index contributed by atoms with van der Waals surface area (Å²) in [6, 6.07) is 0. The van der Waals surface area contributed by atoms with Gasteiger partial charge in [0.05, 0.1) is 11.5 Å². The number of allylic oxidation sites excluding steroid dienone is 4. The Labute approximate surface area is 118 Å². The molecule has 3 nitrogen and oxygen atoms in total. The summed E-state index contributed by atoms with van der Waals surface area (Å²) in [4.78, 5) is 4.33. The predicted octanol–water partition coefficient (Wildman–Crippen LogP) is 2.41. The zero-order valence-corrected chi connectivity index (χ0v) is 13.4. The van der Waals surface area contributed by atoms with Gasteiger partial charge in [0.25, 0.3) is 0 Å². The van der Waals surface area contributed by atoms with Gasteiger partial charge in [0, 0.05) is 26.8 Å². The van der Waals surface area contributed by atoms with Crippen LogP contribution in [-0.4, -0.2) is 25.9 Å². The summed E-state index contributed by atoms with van der Waals surface area (Å²) in [6.07, 6.45) is 10.8. The Morgan fingerprint density at radius 2 is 2.22 bits per heavy atom. The van der Waals surface area contributed by atoms with Gasteiger partial charge in [-0.2, -0.15) is 0 Å². The molecule has 0 aromatic rings. The minimum absolute atomic E-state index is 0.268. The molecule has 3 unspecified atom stereocenters. The molecule has 0 fully saturated rings. The third-order valence-electron chi connectivity index (χ3n) is 2.96. The normalized spacial score (nSPS) is 27.9. The first kappa shape index (κ1) is 16.0. The Morgan fingerprint density at radius 3 is 2.72 bits per heavy atom. The van der Waals surface area contributed by atoms with Crippen LogP contribution in [-0.2, 0) is 29.2 Å². The summed E-state index contributed by atoms with van der Waals surface area (Å²) in [5, 5.41) is 0. The van der Waals surface area contributed by atoms with Crippen molar-refractivity contribution in [2.75, 3.05) is 6.61 Å². The van der Waals surface area contributed by atoms with E-state index in [1.807, 2.05) is 12.2 Å². The molecular formula is C12H19O3S2Si. The number of rotatable bonds is 7. The molecular weight excluding hydrogens is 284 g/mol. The molecule has 3 atom stereocenters. The summed E-state index contributed by atoms with van der Waals surface area (Å²) in [5.74, 6) is 0. The highest BCUT2D eigenvalue weighted by Gasteiger charge is 2.39.